The summed E-state index contributed by atoms with van der Waals surface area (Å²) >= 11 is 0. The van der Waals surface area contributed by atoms with Crippen molar-refractivity contribution in [1.29, 1.82) is 0 Å². The van der Waals surface area contributed by atoms with Crippen molar-refractivity contribution in [2.45, 2.75) is 32.6 Å². The van der Waals surface area contributed by atoms with Crippen LogP contribution in [0.4, 0.5) is 0 Å². The number of likely N-dealkylation sites (tertiary alicyclic amines) is 1. The Morgan fingerprint density at radius 1 is 1.41 bits per heavy atom. The molecule has 5 nitrogen and oxygen atoms in total. The summed E-state index contributed by atoms with van der Waals surface area (Å²) in [5.74, 6) is 6.97. The molecule has 0 spiro atoms. The maximum Gasteiger partial charge on any atom is 0.205 e. The van der Waals surface area contributed by atoms with Gasteiger partial charge in [0.15, 0.2) is 0 Å². The molecule has 0 unspecified atom stereocenters. The zero-order valence-electron chi connectivity index (χ0n) is 11.2. The van der Waals surface area contributed by atoms with E-state index in [9.17, 15) is 0 Å². The summed E-state index contributed by atoms with van der Waals surface area (Å²) < 4.78 is 0. The lowest BCUT2D eigenvalue weighted by Crippen LogP contribution is -2.42. The average Bonchev–Trinajstić information content (AvgIpc) is 2.36. The van der Waals surface area contributed by atoms with Crippen molar-refractivity contribution in [3.05, 3.63) is 0 Å². The van der Waals surface area contributed by atoms with Gasteiger partial charge in [0, 0.05) is 13.1 Å². The average molecular weight is 241 g/mol. The second-order valence-electron chi connectivity index (χ2n) is 4.84. The first kappa shape index (κ1) is 14.3. The van der Waals surface area contributed by atoms with Crippen molar-refractivity contribution >= 4 is 5.96 Å². The third kappa shape index (κ3) is 5.89. The van der Waals surface area contributed by atoms with Crippen molar-refractivity contribution in [3.63, 3.8) is 0 Å². The Balaban J connectivity index is 2.13. The summed E-state index contributed by atoms with van der Waals surface area (Å²) in [5.41, 5.74) is 2.61. The highest BCUT2D eigenvalue weighted by Gasteiger charge is 2.15. The summed E-state index contributed by atoms with van der Waals surface area (Å²) in [4.78, 5) is 6.72. The molecule has 0 aliphatic carbocycles. The first-order chi connectivity index (χ1) is 8.26. The number of hydrogen-bond donors (Lipinski definition) is 3. The Morgan fingerprint density at radius 3 is 2.71 bits per heavy atom. The zero-order valence-corrected chi connectivity index (χ0v) is 11.2. The molecule has 1 aliphatic rings. The van der Waals surface area contributed by atoms with E-state index >= 15 is 0 Å². The monoisotopic (exact) mass is 241 g/mol. The van der Waals surface area contributed by atoms with Crippen LogP contribution in [0.2, 0.25) is 0 Å². The summed E-state index contributed by atoms with van der Waals surface area (Å²) in [6.45, 7) is 6.35. The van der Waals surface area contributed by atoms with E-state index in [1.807, 2.05) is 0 Å². The highest BCUT2D eigenvalue weighted by molar-refractivity contribution is 5.79. The quantitative estimate of drug-likeness (QED) is 0.284. The van der Waals surface area contributed by atoms with Crippen molar-refractivity contribution in [2.75, 3.05) is 33.2 Å². The largest absolute Gasteiger partial charge is 0.355 e. The molecule has 0 amide bonds. The number of aliphatic imine (C=N–C) groups is 1. The predicted octanol–water partition coefficient (Wildman–Crippen LogP) is 0.537. The van der Waals surface area contributed by atoms with Gasteiger partial charge in [-0.2, -0.15) is 0 Å². The van der Waals surface area contributed by atoms with E-state index in [1.54, 1.807) is 0 Å². The first-order valence-electron chi connectivity index (χ1n) is 6.69. The number of nitrogens with zero attached hydrogens (tertiary/aromatic N) is 2. The number of piperidine rings is 1. The zero-order chi connectivity index (χ0) is 12.5. The van der Waals surface area contributed by atoms with Crippen LogP contribution in [0.15, 0.2) is 4.99 Å². The van der Waals surface area contributed by atoms with E-state index in [2.05, 4.69) is 34.6 Å². The minimum atomic E-state index is 0.722. The van der Waals surface area contributed by atoms with Gasteiger partial charge in [0.1, 0.15) is 0 Å². The Bertz CT molecular complexity index is 221. The van der Waals surface area contributed by atoms with Crippen LogP contribution in [0.5, 0.6) is 0 Å². The summed E-state index contributed by atoms with van der Waals surface area (Å²) in [7, 11) is 2.20. The van der Waals surface area contributed by atoms with Crippen LogP contribution < -0.4 is 16.6 Å². The van der Waals surface area contributed by atoms with Crippen LogP contribution in [0.3, 0.4) is 0 Å². The van der Waals surface area contributed by atoms with E-state index in [-0.39, 0.29) is 0 Å². The molecule has 1 aliphatic heterocycles. The minimum Gasteiger partial charge on any atom is -0.355 e. The lowest BCUT2D eigenvalue weighted by Gasteiger charge is -2.29. The van der Waals surface area contributed by atoms with Gasteiger partial charge in [0.2, 0.25) is 5.96 Å². The SMILES string of the molecule is CCCN=C(NN)NCCC1CCN(C)CC1. The van der Waals surface area contributed by atoms with Crippen LogP contribution >= 0.6 is 0 Å². The number of hydrazine groups is 1. The number of hydrogen-bond acceptors (Lipinski definition) is 3. The molecule has 0 aromatic heterocycles. The molecule has 0 saturated carbocycles. The maximum absolute atomic E-state index is 5.40. The molecule has 1 heterocycles. The third-order valence-corrected chi connectivity index (χ3v) is 3.31. The van der Waals surface area contributed by atoms with Gasteiger partial charge in [-0.25, -0.2) is 5.84 Å². The van der Waals surface area contributed by atoms with Crippen LogP contribution in [0.1, 0.15) is 32.6 Å². The smallest absolute Gasteiger partial charge is 0.205 e. The van der Waals surface area contributed by atoms with Crippen molar-refractivity contribution in [1.82, 2.24) is 15.6 Å². The molecular formula is C12H27N5. The van der Waals surface area contributed by atoms with Gasteiger partial charge in [-0.3, -0.25) is 10.4 Å². The fourth-order valence-corrected chi connectivity index (χ4v) is 2.12. The lowest BCUT2D eigenvalue weighted by molar-refractivity contribution is 0.213. The molecular weight excluding hydrogens is 214 g/mol. The maximum atomic E-state index is 5.40. The van der Waals surface area contributed by atoms with E-state index in [4.69, 9.17) is 5.84 Å². The molecule has 0 bridgehead atoms. The molecule has 0 radical (unpaired) electrons. The van der Waals surface area contributed by atoms with Gasteiger partial charge >= 0.3 is 0 Å². The van der Waals surface area contributed by atoms with E-state index < -0.39 is 0 Å². The standard InChI is InChI=1S/C12H27N5/c1-3-7-14-12(16-13)15-8-4-11-5-9-17(2)10-6-11/h11H,3-10,13H2,1-2H3,(H2,14,15,16). The Labute approximate surface area is 105 Å². The molecule has 1 fully saturated rings. The molecule has 100 valence electrons. The molecule has 0 aromatic rings. The topological polar surface area (TPSA) is 65.7 Å². The van der Waals surface area contributed by atoms with Gasteiger partial charge in [-0.05, 0) is 51.7 Å². The van der Waals surface area contributed by atoms with Crippen LogP contribution in [-0.2, 0) is 0 Å². The van der Waals surface area contributed by atoms with Gasteiger partial charge in [-0.15, -0.1) is 0 Å². The first-order valence-corrected chi connectivity index (χ1v) is 6.69. The van der Waals surface area contributed by atoms with E-state index in [0.717, 1.165) is 31.4 Å². The molecule has 1 saturated heterocycles. The molecule has 0 atom stereocenters. The Hall–Kier alpha value is -0.810. The fraction of sp³-hybridized carbons (Fsp3) is 0.917. The highest BCUT2D eigenvalue weighted by atomic mass is 15.3. The number of nitrogens with one attached hydrogen (secondary N) is 2. The van der Waals surface area contributed by atoms with Gasteiger partial charge < -0.3 is 10.2 Å². The van der Waals surface area contributed by atoms with Crippen LogP contribution in [-0.4, -0.2) is 44.1 Å². The van der Waals surface area contributed by atoms with Crippen molar-refractivity contribution in [2.24, 2.45) is 16.8 Å². The predicted molar refractivity (Wildman–Crippen MR) is 72.8 cm³/mol. The Morgan fingerprint density at radius 2 is 2.12 bits per heavy atom. The number of nitrogens with two attached hydrogens (primary N) is 1. The molecule has 1 rings (SSSR count). The molecule has 5 heteroatoms. The van der Waals surface area contributed by atoms with Gasteiger partial charge in [-0.1, -0.05) is 6.92 Å². The van der Waals surface area contributed by atoms with Gasteiger partial charge in [0.25, 0.3) is 0 Å². The number of guanidine groups is 1. The van der Waals surface area contributed by atoms with E-state index in [1.165, 1.54) is 32.4 Å². The van der Waals surface area contributed by atoms with Crippen molar-refractivity contribution < 1.29 is 0 Å². The van der Waals surface area contributed by atoms with Crippen LogP contribution in [0.25, 0.3) is 0 Å². The lowest BCUT2D eigenvalue weighted by atomic mass is 9.94. The normalized spacial score (nSPS) is 19.4. The van der Waals surface area contributed by atoms with E-state index in [0.29, 0.717) is 0 Å². The third-order valence-electron chi connectivity index (χ3n) is 3.31. The van der Waals surface area contributed by atoms with Gasteiger partial charge in [0.05, 0.1) is 0 Å². The highest BCUT2D eigenvalue weighted by Crippen LogP contribution is 2.18. The summed E-state index contributed by atoms with van der Waals surface area (Å²) in [5, 5.41) is 3.26. The molecule has 4 N–H and O–H groups in total. The second kappa shape index (κ2) is 8.31. The summed E-state index contributed by atoms with van der Waals surface area (Å²) in [6, 6.07) is 0. The van der Waals surface area contributed by atoms with Crippen LogP contribution in [0, 0.1) is 5.92 Å². The minimum absolute atomic E-state index is 0.722. The number of rotatable bonds is 5. The van der Waals surface area contributed by atoms with Crippen molar-refractivity contribution in [3.8, 4) is 0 Å². The fourth-order valence-electron chi connectivity index (χ4n) is 2.12. The summed E-state index contributed by atoms with van der Waals surface area (Å²) in [6.07, 6.45) is 4.88. The molecule has 17 heavy (non-hydrogen) atoms. The Kier molecular flexibility index (Phi) is 6.96. The second-order valence-corrected chi connectivity index (χ2v) is 4.84. The molecule has 0 aromatic carbocycles.